The van der Waals surface area contributed by atoms with E-state index in [1.807, 2.05) is 24.3 Å². The second kappa shape index (κ2) is 7.50. The molecule has 1 aliphatic heterocycles. The molecule has 0 fully saturated rings. The summed E-state index contributed by atoms with van der Waals surface area (Å²) in [5.74, 6) is 0.628. The van der Waals surface area contributed by atoms with Gasteiger partial charge in [-0.15, -0.1) is 22.9 Å². The van der Waals surface area contributed by atoms with Crippen molar-refractivity contribution in [2.24, 2.45) is 4.99 Å². The van der Waals surface area contributed by atoms with Gasteiger partial charge >= 0.3 is 0 Å². The SMILES string of the molecule is CN(c1cccc2cc(C3=NCC(CCCl)S3)[nH]c12)S(=O)(=O)c1cccs1. The number of halogens is 1. The smallest absolute Gasteiger partial charge is 0.273 e. The van der Waals surface area contributed by atoms with Crippen LogP contribution in [0.1, 0.15) is 12.1 Å². The average Bonchev–Trinajstić information content (AvgIpc) is 3.39. The summed E-state index contributed by atoms with van der Waals surface area (Å²) in [5, 5.41) is 4.09. The van der Waals surface area contributed by atoms with Crippen LogP contribution in [0.25, 0.3) is 10.9 Å². The fraction of sp³-hybridized carbons (Fsp3) is 0.278. The van der Waals surface area contributed by atoms with Gasteiger partial charge in [0.1, 0.15) is 9.25 Å². The molecule has 0 bridgehead atoms. The van der Waals surface area contributed by atoms with Gasteiger partial charge in [-0.2, -0.15) is 0 Å². The van der Waals surface area contributed by atoms with Gasteiger partial charge in [-0.25, -0.2) is 8.42 Å². The number of rotatable bonds is 6. The molecule has 0 amide bonds. The van der Waals surface area contributed by atoms with E-state index >= 15 is 0 Å². The van der Waals surface area contributed by atoms with Gasteiger partial charge < -0.3 is 4.98 Å². The Balaban J connectivity index is 1.70. The summed E-state index contributed by atoms with van der Waals surface area (Å²) in [5.41, 5.74) is 2.33. The summed E-state index contributed by atoms with van der Waals surface area (Å²) in [6.45, 7) is 0.765. The first-order chi connectivity index (χ1) is 13.0. The van der Waals surface area contributed by atoms with Gasteiger partial charge in [-0.1, -0.05) is 30.0 Å². The zero-order valence-electron chi connectivity index (χ0n) is 14.6. The molecule has 3 heterocycles. The summed E-state index contributed by atoms with van der Waals surface area (Å²) in [6.07, 6.45) is 0.923. The Kier molecular flexibility index (Phi) is 5.24. The fourth-order valence-corrected chi connectivity index (χ4v) is 6.88. The van der Waals surface area contributed by atoms with Gasteiger partial charge in [0, 0.05) is 23.6 Å². The largest absolute Gasteiger partial charge is 0.351 e. The topological polar surface area (TPSA) is 65.5 Å². The number of anilines is 1. The second-order valence-electron chi connectivity index (χ2n) is 6.19. The van der Waals surface area contributed by atoms with Gasteiger partial charge in [0.05, 0.1) is 23.4 Å². The predicted molar refractivity (Wildman–Crippen MR) is 116 cm³/mol. The number of nitrogens with zero attached hydrogens (tertiary/aromatic N) is 2. The zero-order chi connectivity index (χ0) is 19.0. The third kappa shape index (κ3) is 3.51. The first-order valence-electron chi connectivity index (χ1n) is 8.42. The molecule has 27 heavy (non-hydrogen) atoms. The lowest BCUT2D eigenvalue weighted by Crippen LogP contribution is -2.26. The number of fused-ring (bicyclic) bond motifs is 1. The van der Waals surface area contributed by atoms with Crippen LogP contribution in [0.3, 0.4) is 0 Å². The molecule has 5 nitrogen and oxygen atoms in total. The molecule has 1 N–H and O–H groups in total. The van der Waals surface area contributed by atoms with E-state index in [1.54, 1.807) is 36.3 Å². The van der Waals surface area contributed by atoms with Gasteiger partial charge in [0.25, 0.3) is 10.0 Å². The highest BCUT2D eigenvalue weighted by molar-refractivity contribution is 8.15. The van der Waals surface area contributed by atoms with Crippen LogP contribution < -0.4 is 4.31 Å². The predicted octanol–water partition coefficient (Wildman–Crippen LogP) is 4.55. The van der Waals surface area contributed by atoms with Crippen LogP contribution in [0, 0.1) is 0 Å². The second-order valence-corrected chi connectivity index (χ2v) is 11.0. The number of aromatic amines is 1. The van der Waals surface area contributed by atoms with Gasteiger partial charge in [-0.05, 0) is 30.0 Å². The first-order valence-corrected chi connectivity index (χ1v) is 12.2. The van der Waals surface area contributed by atoms with Gasteiger partial charge in [0.15, 0.2) is 0 Å². The number of alkyl halides is 1. The number of aliphatic imine (C=N–C) groups is 1. The number of thioether (sulfide) groups is 1. The van der Waals surface area contributed by atoms with Crippen LogP contribution in [-0.4, -0.2) is 43.2 Å². The third-order valence-corrected chi connectivity index (χ3v) is 9.11. The van der Waals surface area contributed by atoms with Crippen molar-refractivity contribution in [2.45, 2.75) is 15.9 Å². The Morgan fingerprint density at radius 1 is 1.33 bits per heavy atom. The molecule has 0 aliphatic carbocycles. The molecule has 9 heteroatoms. The van der Waals surface area contributed by atoms with Crippen molar-refractivity contribution in [3.63, 3.8) is 0 Å². The lowest BCUT2D eigenvalue weighted by atomic mass is 10.2. The van der Waals surface area contributed by atoms with E-state index in [4.69, 9.17) is 11.6 Å². The summed E-state index contributed by atoms with van der Waals surface area (Å²) in [4.78, 5) is 8.00. The number of hydrogen-bond acceptors (Lipinski definition) is 5. The first kappa shape index (κ1) is 18.9. The molecule has 1 aromatic carbocycles. The minimum Gasteiger partial charge on any atom is -0.351 e. The fourth-order valence-electron chi connectivity index (χ4n) is 3.03. The molecular weight excluding hydrogens is 422 g/mol. The van der Waals surface area contributed by atoms with E-state index in [0.29, 0.717) is 21.0 Å². The molecule has 1 atom stereocenters. The minimum atomic E-state index is -3.58. The number of nitrogens with one attached hydrogen (secondary N) is 1. The van der Waals surface area contributed by atoms with Crippen molar-refractivity contribution in [1.29, 1.82) is 0 Å². The molecule has 0 saturated heterocycles. The van der Waals surface area contributed by atoms with Crippen LogP contribution in [0.2, 0.25) is 0 Å². The highest BCUT2D eigenvalue weighted by atomic mass is 35.5. The number of hydrogen-bond donors (Lipinski definition) is 1. The molecule has 0 radical (unpaired) electrons. The quantitative estimate of drug-likeness (QED) is 0.573. The van der Waals surface area contributed by atoms with E-state index < -0.39 is 10.0 Å². The molecule has 1 aliphatic rings. The monoisotopic (exact) mass is 439 g/mol. The number of H-pyrrole nitrogens is 1. The third-order valence-electron chi connectivity index (χ3n) is 4.46. The minimum absolute atomic E-state index is 0.327. The van der Waals surface area contributed by atoms with Crippen molar-refractivity contribution < 1.29 is 8.42 Å². The molecule has 1 unspecified atom stereocenters. The van der Waals surface area contributed by atoms with Crippen LogP contribution in [0.15, 0.2) is 51.0 Å². The number of para-hydroxylation sites is 1. The highest BCUT2D eigenvalue weighted by Crippen LogP contribution is 2.34. The van der Waals surface area contributed by atoms with Crippen LogP contribution in [0.5, 0.6) is 0 Å². The normalized spacial score (nSPS) is 17.4. The number of sulfonamides is 1. The Bertz CT molecular complexity index is 1090. The number of thiophene rings is 1. The Morgan fingerprint density at radius 2 is 2.19 bits per heavy atom. The maximum Gasteiger partial charge on any atom is 0.273 e. The summed E-state index contributed by atoms with van der Waals surface area (Å²) >= 11 is 8.79. The van der Waals surface area contributed by atoms with Crippen molar-refractivity contribution in [2.75, 3.05) is 23.8 Å². The Morgan fingerprint density at radius 3 is 2.93 bits per heavy atom. The maximum atomic E-state index is 12.9. The Hall–Kier alpha value is -1.48. The zero-order valence-corrected chi connectivity index (χ0v) is 17.8. The average molecular weight is 440 g/mol. The highest BCUT2D eigenvalue weighted by Gasteiger charge is 2.26. The summed E-state index contributed by atoms with van der Waals surface area (Å²) < 4.78 is 27.5. The maximum absolute atomic E-state index is 12.9. The molecule has 2 aromatic heterocycles. The van der Waals surface area contributed by atoms with Crippen molar-refractivity contribution in [3.8, 4) is 0 Å². The van der Waals surface area contributed by atoms with Crippen molar-refractivity contribution >= 4 is 66.4 Å². The van der Waals surface area contributed by atoms with Gasteiger partial charge in [0.2, 0.25) is 0 Å². The number of benzene rings is 1. The summed E-state index contributed by atoms with van der Waals surface area (Å²) in [6, 6.07) is 11.0. The molecule has 3 aromatic rings. The van der Waals surface area contributed by atoms with Crippen LogP contribution >= 0.6 is 34.7 Å². The van der Waals surface area contributed by atoms with E-state index in [2.05, 4.69) is 9.98 Å². The van der Waals surface area contributed by atoms with Crippen LogP contribution in [-0.2, 0) is 10.0 Å². The van der Waals surface area contributed by atoms with E-state index in [1.165, 1.54) is 15.6 Å². The van der Waals surface area contributed by atoms with E-state index in [9.17, 15) is 8.42 Å². The molecule has 0 saturated carbocycles. The molecular formula is C18H18ClN3O2S3. The van der Waals surface area contributed by atoms with Crippen molar-refractivity contribution in [3.05, 3.63) is 47.5 Å². The van der Waals surface area contributed by atoms with E-state index in [-0.39, 0.29) is 0 Å². The van der Waals surface area contributed by atoms with Crippen LogP contribution in [0.4, 0.5) is 5.69 Å². The molecule has 142 valence electrons. The standard InChI is InChI=1S/C18H18ClN3O2S3/c1-22(27(23,24)16-6-3-9-25-16)15-5-2-4-12-10-14(21-17(12)15)18-20-11-13(26-18)7-8-19/h2-6,9-10,13,21H,7-8,11H2,1H3. The summed E-state index contributed by atoms with van der Waals surface area (Å²) in [7, 11) is -2.00. The van der Waals surface area contributed by atoms with Crippen molar-refractivity contribution in [1.82, 2.24) is 4.98 Å². The lowest BCUT2D eigenvalue weighted by Gasteiger charge is -2.19. The Labute approximate surface area is 171 Å². The van der Waals surface area contributed by atoms with Gasteiger partial charge in [-0.3, -0.25) is 9.30 Å². The molecule has 0 spiro atoms. The number of aromatic nitrogens is 1. The van der Waals surface area contributed by atoms with E-state index in [0.717, 1.165) is 34.6 Å². The molecule has 4 rings (SSSR count). The lowest BCUT2D eigenvalue weighted by molar-refractivity contribution is 0.596.